The first-order valence-corrected chi connectivity index (χ1v) is 7.39. The maximum Gasteiger partial charge on any atom is 0.248 e. The summed E-state index contributed by atoms with van der Waals surface area (Å²) in [7, 11) is 3.11. The zero-order chi connectivity index (χ0) is 16.4. The van der Waals surface area contributed by atoms with Gasteiger partial charge in [0.05, 0.1) is 24.3 Å². The lowest BCUT2D eigenvalue weighted by Crippen LogP contribution is -1.85. The van der Waals surface area contributed by atoms with Crippen LogP contribution in [0.2, 0.25) is 10.0 Å². The molecule has 23 heavy (non-hydrogen) atoms. The van der Waals surface area contributed by atoms with Gasteiger partial charge in [0.25, 0.3) is 0 Å². The second-order valence-corrected chi connectivity index (χ2v) is 5.43. The zero-order valence-corrected chi connectivity index (χ0v) is 13.9. The van der Waals surface area contributed by atoms with E-state index in [2.05, 4.69) is 10.2 Å². The van der Waals surface area contributed by atoms with E-state index in [1.165, 1.54) is 0 Å². The minimum atomic E-state index is 0.358. The Kier molecular flexibility index (Phi) is 4.41. The molecule has 1 aromatic heterocycles. The van der Waals surface area contributed by atoms with E-state index < -0.39 is 0 Å². The Morgan fingerprint density at radius 1 is 0.783 bits per heavy atom. The van der Waals surface area contributed by atoms with Crippen molar-refractivity contribution in [1.29, 1.82) is 0 Å². The number of ether oxygens (including phenoxy) is 2. The number of halogens is 2. The van der Waals surface area contributed by atoms with Crippen LogP contribution in [0.4, 0.5) is 0 Å². The van der Waals surface area contributed by atoms with Crippen LogP contribution in [0.25, 0.3) is 22.9 Å². The molecule has 0 unspecified atom stereocenters. The van der Waals surface area contributed by atoms with E-state index in [4.69, 9.17) is 37.1 Å². The molecule has 0 aliphatic heterocycles. The highest BCUT2D eigenvalue weighted by Crippen LogP contribution is 2.33. The molecule has 0 aliphatic carbocycles. The van der Waals surface area contributed by atoms with Crippen molar-refractivity contribution < 1.29 is 13.9 Å². The quantitative estimate of drug-likeness (QED) is 0.680. The van der Waals surface area contributed by atoms with Gasteiger partial charge >= 0.3 is 0 Å². The van der Waals surface area contributed by atoms with E-state index in [-0.39, 0.29) is 0 Å². The van der Waals surface area contributed by atoms with Crippen molar-refractivity contribution in [2.45, 2.75) is 0 Å². The summed E-state index contributed by atoms with van der Waals surface area (Å²) in [4.78, 5) is 0. The smallest absolute Gasteiger partial charge is 0.248 e. The Bertz CT molecular complexity index is 781. The Labute approximate surface area is 142 Å². The first-order chi connectivity index (χ1) is 11.1. The second-order valence-electron chi connectivity index (χ2n) is 4.61. The molecule has 3 aromatic rings. The predicted molar refractivity (Wildman–Crippen MR) is 88.3 cm³/mol. The van der Waals surface area contributed by atoms with Crippen LogP contribution < -0.4 is 9.47 Å². The molecule has 0 aliphatic rings. The second kappa shape index (κ2) is 6.48. The molecule has 3 rings (SSSR count). The van der Waals surface area contributed by atoms with E-state index in [0.29, 0.717) is 44.5 Å². The number of hydrogen-bond acceptors (Lipinski definition) is 5. The molecule has 0 radical (unpaired) electrons. The zero-order valence-electron chi connectivity index (χ0n) is 12.3. The molecular formula is C16H12Cl2N2O3. The molecule has 5 nitrogen and oxygen atoms in total. The summed E-state index contributed by atoms with van der Waals surface area (Å²) < 4.78 is 15.9. The lowest BCUT2D eigenvalue weighted by Gasteiger charge is -2.04. The summed E-state index contributed by atoms with van der Waals surface area (Å²) in [5, 5.41) is 9.02. The highest BCUT2D eigenvalue weighted by Gasteiger charge is 2.13. The van der Waals surface area contributed by atoms with Gasteiger partial charge in [-0.15, -0.1) is 10.2 Å². The maximum absolute atomic E-state index is 6.11. The third-order valence-electron chi connectivity index (χ3n) is 3.22. The van der Waals surface area contributed by atoms with Crippen molar-refractivity contribution in [3.63, 3.8) is 0 Å². The van der Waals surface area contributed by atoms with Crippen molar-refractivity contribution in [2.75, 3.05) is 14.2 Å². The fourth-order valence-electron chi connectivity index (χ4n) is 2.06. The minimum absolute atomic E-state index is 0.358. The van der Waals surface area contributed by atoms with Crippen molar-refractivity contribution in [1.82, 2.24) is 10.2 Å². The average molecular weight is 351 g/mol. The largest absolute Gasteiger partial charge is 0.495 e. The van der Waals surface area contributed by atoms with Gasteiger partial charge in [0.2, 0.25) is 11.8 Å². The first-order valence-electron chi connectivity index (χ1n) is 6.63. The monoisotopic (exact) mass is 350 g/mol. The molecule has 0 fully saturated rings. The van der Waals surface area contributed by atoms with Crippen LogP contribution in [-0.2, 0) is 0 Å². The summed E-state index contributed by atoms with van der Waals surface area (Å²) in [5.41, 5.74) is 1.41. The molecule has 0 saturated carbocycles. The predicted octanol–water partition coefficient (Wildman–Crippen LogP) is 4.73. The fraction of sp³-hybridized carbons (Fsp3) is 0.125. The van der Waals surface area contributed by atoms with Crippen LogP contribution in [-0.4, -0.2) is 24.4 Å². The SMILES string of the molecule is COc1ccc(-c2nnc(-c3ccc(OC)c(Cl)c3)o2)cc1Cl. The number of benzene rings is 2. The van der Waals surface area contributed by atoms with Crippen molar-refractivity contribution in [3.05, 3.63) is 46.4 Å². The Balaban J connectivity index is 1.94. The molecule has 118 valence electrons. The molecule has 7 heteroatoms. The number of nitrogens with zero attached hydrogens (tertiary/aromatic N) is 2. The third-order valence-corrected chi connectivity index (χ3v) is 3.81. The molecule has 1 heterocycles. The van der Waals surface area contributed by atoms with Gasteiger partial charge in [-0.1, -0.05) is 23.2 Å². The summed E-state index contributed by atoms with van der Waals surface area (Å²) >= 11 is 12.2. The van der Waals surface area contributed by atoms with E-state index in [1.807, 2.05) is 0 Å². The van der Waals surface area contributed by atoms with Crippen molar-refractivity contribution in [2.24, 2.45) is 0 Å². The van der Waals surface area contributed by atoms with Gasteiger partial charge in [0.1, 0.15) is 11.5 Å². The highest BCUT2D eigenvalue weighted by molar-refractivity contribution is 6.32. The van der Waals surface area contributed by atoms with Gasteiger partial charge in [-0.25, -0.2) is 0 Å². The molecule has 0 bridgehead atoms. The van der Waals surface area contributed by atoms with Crippen LogP contribution in [0, 0.1) is 0 Å². The van der Waals surface area contributed by atoms with Gasteiger partial charge in [-0.2, -0.15) is 0 Å². The van der Waals surface area contributed by atoms with Crippen LogP contribution in [0.15, 0.2) is 40.8 Å². The molecule has 0 N–H and O–H groups in total. The molecule has 0 atom stereocenters. The number of methoxy groups -OCH3 is 2. The van der Waals surface area contributed by atoms with E-state index in [0.717, 1.165) is 0 Å². The van der Waals surface area contributed by atoms with E-state index in [9.17, 15) is 0 Å². The Morgan fingerprint density at radius 3 is 1.57 bits per heavy atom. The summed E-state index contributed by atoms with van der Waals surface area (Å²) in [6, 6.07) is 10.5. The lowest BCUT2D eigenvalue weighted by atomic mass is 10.2. The van der Waals surface area contributed by atoms with E-state index >= 15 is 0 Å². The van der Waals surface area contributed by atoms with Crippen LogP contribution in [0.5, 0.6) is 11.5 Å². The number of rotatable bonds is 4. The molecule has 0 saturated heterocycles. The number of aromatic nitrogens is 2. The third kappa shape index (κ3) is 3.11. The summed E-state index contributed by atoms with van der Waals surface area (Å²) in [6.45, 7) is 0. The molecule has 0 amide bonds. The average Bonchev–Trinajstić information content (AvgIpc) is 3.04. The molecular weight excluding hydrogens is 339 g/mol. The molecule has 2 aromatic carbocycles. The van der Waals surface area contributed by atoms with Gasteiger partial charge in [-0.3, -0.25) is 0 Å². The Hall–Kier alpha value is -2.24. The standard InChI is InChI=1S/C16H12Cl2N2O3/c1-21-13-5-3-9(7-11(13)17)15-19-20-16(23-15)10-4-6-14(22-2)12(18)8-10/h3-8H,1-2H3. The Morgan fingerprint density at radius 2 is 1.22 bits per heavy atom. The van der Waals surface area contributed by atoms with Crippen molar-refractivity contribution in [3.8, 4) is 34.4 Å². The van der Waals surface area contributed by atoms with Crippen LogP contribution in [0.3, 0.4) is 0 Å². The van der Waals surface area contributed by atoms with Crippen LogP contribution in [0.1, 0.15) is 0 Å². The van der Waals surface area contributed by atoms with Crippen molar-refractivity contribution >= 4 is 23.2 Å². The maximum atomic E-state index is 6.11. The topological polar surface area (TPSA) is 57.4 Å². The summed E-state index contributed by atoms with van der Waals surface area (Å²) in [6.07, 6.45) is 0. The minimum Gasteiger partial charge on any atom is -0.495 e. The summed E-state index contributed by atoms with van der Waals surface area (Å²) in [5.74, 6) is 1.88. The fourth-order valence-corrected chi connectivity index (χ4v) is 2.57. The van der Waals surface area contributed by atoms with Gasteiger partial charge in [0.15, 0.2) is 0 Å². The van der Waals surface area contributed by atoms with Gasteiger partial charge in [-0.05, 0) is 36.4 Å². The lowest BCUT2D eigenvalue weighted by molar-refractivity contribution is 0.415. The van der Waals surface area contributed by atoms with Gasteiger partial charge in [0, 0.05) is 11.1 Å². The number of hydrogen-bond donors (Lipinski definition) is 0. The molecule has 0 spiro atoms. The highest BCUT2D eigenvalue weighted by atomic mass is 35.5. The van der Waals surface area contributed by atoms with Crippen LogP contribution >= 0.6 is 23.2 Å². The van der Waals surface area contributed by atoms with E-state index in [1.54, 1.807) is 50.6 Å². The first kappa shape index (κ1) is 15.6. The normalized spacial score (nSPS) is 10.6. The van der Waals surface area contributed by atoms with Gasteiger partial charge < -0.3 is 13.9 Å².